The molecule has 24 heavy (non-hydrogen) atoms. The number of anilines is 2. The fourth-order valence-corrected chi connectivity index (χ4v) is 3.37. The molecule has 1 N–H and O–H groups in total. The lowest BCUT2D eigenvalue weighted by molar-refractivity contribution is -0.125. The second-order valence-corrected chi connectivity index (χ2v) is 6.22. The van der Waals surface area contributed by atoms with Gasteiger partial charge in [0.15, 0.2) is 0 Å². The van der Waals surface area contributed by atoms with E-state index < -0.39 is 6.10 Å². The van der Waals surface area contributed by atoms with Crippen LogP contribution in [-0.4, -0.2) is 37.2 Å². The number of rotatable bonds is 5. The van der Waals surface area contributed by atoms with Gasteiger partial charge in [-0.25, -0.2) is 0 Å². The molecule has 1 unspecified atom stereocenters. The van der Waals surface area contributed by atoms with Gasteiger partial charge in [0.2, 0.25) is 0 Å². The quantitative estimate of drug-likeness (QED) is 0.912. The first kappa shape index (κ1) is 16.7. The van der Waals surface area contributed by atoms with Crippen molar-refractivity contribution < 1.29 is 9.53 Å². The zero-order chi connectivity index (χ0) is 16.9. The molecule has 1 aromatic carbocycles. The van der Waals surface area contributed by atoms with E-state index in [1.807, 2.05) is 31.5 Å². The highest BCUT2D eigenvalue weighted by molar-refractivity contribution is 6.07. The fourth-order valence-electron chi connectivity index (χ4n) is 3.37. The number of amides is 1. The van der Waals surface area contributed by atoms with Gasteiger partial charge in [0, 0.05) is 49.1 Å². The summed E-state index contributed by atoms with van der Waals surface area (Å²) in [6.07, 6.45) is 7.62. The maximum Gasteiger partial charge on any atom is 0.253 e. The number of benzene rings is 1. The molecule has 3 rings (SSSR count). The number of piperidine rings is 1. The van der Waals surface area contributed by atoms with Crippen molar-refractivity contribution in [1.29, 1.82) is 0 Å². The monoisotopic (exact) mass is 327 g/mol. The average Bonchev–Trinajstić information content (AvgIpc) is 2.64. The molecule has 1 fully saturated rings. The van der Waals surface area contributed by atoms with Crippen molar-refractivity contribution in [2.75, 3.05) is 30.4 Å². The van der Waals surface area contributed by atoms with Gasteiger partial charge >= 0.3 is 0 Å². The first-order valence-electron chi connectivity index (χ1n) is 8.70. The van der Waals surface area contributed by atoms with E-state index in [4.69, 9.17) is 4.74 Å². The first-order valence-corrected chi connectivity index (χ1v) is 8.70. The third kappa shape index (κ3) is 3.36. The van der Waals surface area contributed by atoms with Gasteiger partial charge in [-0.05, 0) is 43.9 Å². The second-order valence-electron chi connectivity index (χ2n) is 6.22. The van der Waals surface area contributed by atoms with Gasteiger partial charge in [-0.1, -0.05) is 6.92 Å². The Morgan fingerprint density at radius 2 is 2.04 bits per heavy atom. The van der Waals surface area contributed by atoms with Crippen molar-refractivity contribution in [2.45, 2.75) is 38.7 Å². The van der Waals surface area contributed by atoms with E-state index >= 15 is 0 Å². The molecule has 0 spiro atoms. The summed E-state index contributed by atoms with van der Waals surface area (Å²) in [5.41, 5.74) is 2.02. The van der Waals surface area contributed by atoms with E-state index in [1.165, 1.54) is 24.9 Å². The molecule has 0 bridgehead atoms. The van der Waals surface area contributed by atoms with Gasteiger partial charge < -0.3 is 15.0 Å². The predicted molar refractivity (Wildman–Crippen MR) is 97.5 cm³/mol. The number of ether oxygens (including phenoxy) is 1. The van der Waals surface area contributed by atoms with Crippen molar-refractivity contribution in [3.8, 4) is 0 Å². The summed E-state index contributed by atoms with van der Waals surface area (Å²) in [6.45, 7) is 4.11. The number of carbonyl (C=O) groups excluding carboxylic acids is 1. The summed E-state index contributed by atoms with van der Waals surface area (Å²) in [5.74, 6) is -0.115. The lowest BCUT2D eigenvalue weighted by Gasteiger charge is -2.30. The Balaban J connectivity index is 1.94. The number of hydrogen-bond acceptors (Lipinski definition) is 4. The van der Waals surface area contributed by atoms with Crippen LogP contribution in [0.5, 0.6) is 0 Å². The van der Waals surface area contributed by atoms with E-state index in [2.05, 4.69) is 21.3 Å². The molecule has 1 aromatic heterocycles. The largest absolute Gasteiger partial charge is 0.372 e. The van der Waals surface area contributed by atoms with Crippen LogP contribution < -0.4 is 10.2 Å². The van der Waals surface area contributed by atoms with Crippen LogP contribution in [-0.2, 0) is 9.53 Å². The molecule has 5 nitrogen and oxygen atoms in total. The topological polar surface area (TPSA) is 54.5 Å². The number of nitrogens with one attached hydrogen (secondary N) is 1. The average molecular weight is 327 g/mol. The van der Waals surface area contributed by atoms with Crippen LogP contribution in [0.4, 0.5) is 11.4 Å². The van der Waals surface area contributed by atoms with Crippen LogP contribution in [0.25, 0.3) is 10.8 Å². The van der Waals surface area contributed by atoms with Crippen LogP contribution in [0.1, 0.15) is 32.6 Å². The van der Waals surface area contributed by atoms with E-state index in [0.29, 0.717) is 6.42 Å². The Morgan fingerprint density at radius 3 is 2.75 bits per heavy atom. The minimum Gasteiger partial charge on any atom is -0.372 e. The molecule has 1 aliphatic heterocycles. The van der Waals surface area contributed by atoms with Gasteiger partial charge in [-0.3, -0.25) is 9.78 Å². The second kappa shape index (κ2) is 7.62. The number of nitrogens with zero attached hydrogens (tertiary/aromatic N) is 2. The van der Waals surface area contributed by atoms with Crippen molar-refractivity contribution in [3.05, 3.63) is 30.6 Å². The number of fused-ring (bicyclic) bond motifs is 1. The Morgan fingerprint density at radius 1 is 1.25 bits per heavy atom. The van der Waals surface area contributed by atoms with Crippen LogP contribution in [0, 0.1) is 0 Å². The van der Waals surface area contributed by atoms with E-state index in [1.54, 1.807) is 7.11 Å². The zero-order valence-electron chi connectivity index (χ0n) is 14.4. The van der Waals surface area contributed by atoms with Crippen LogP contribution >= 0.6 is 0 Å². The van der Waals surface area contributed by atoms with Crippen LogP contribution in [0.3, 0.4) is 0 Å². The predicted octanol–water partition coefficient (Wildman–Crippen LogP) is 3.59. The maximum absolute atomic E-state index is 12.3. The Hall–Kier alpha value is -2.14. The van der Waals surface area contributed by atoms with E-state index in [-0.39, 0.29) is 5.91 Å². The summed E-state index contributed by atoms with van der Waals surface area (Å²) >= 11 is 0. The molecule has 1 saturated heterocycles. The van der Waals surface area contributed by atoms with Crippen molar-refractivity contribution >= 4 is 28.1 Å². The minimum absolute atomic E-state index is 0.115. The Bertz CT molecular complexity index is 707. The smallest absolute Gasteiger partial charge is 0.253 e. The molecule has 0 saturated carbocycles. The van der Waals surface area contributed by atoms with E-state index in [9.17, 15) is 4.79 Å². The SMILES string of the molecule is CCC(OC)C(=O)Nc1ccc(N2CCCCC2)c2ccncc12. The number of hydrogen-bond donors (Lipinski definition) is 1. The molecule has 1 atom stereocenters. The molecule has 2 heterocycles. The molecule has 2 aromatic rings. The highest BCUT2D eigenvalue weighted by Gasteiger charge is 2.19. The summed E-state index contributed by atoms with van der Waals surface area (Å²) in [6, 6.07) is 6.12. The van der Waals surface area contributed by atoms with Crippen LogP contribution in [0.2, 0.25) is 0 Å². The van der Waals surface area contributed by atoms with Gasteiger partial charge in [-0.2, -0.15) is 0 Å². The first-order chi connectivity index (χ1) is 11.7. The third-order valence-corrected chi connectivity index (χ3v) is 4.70. The number of carbonyl (C=O) groups is 1. The van der Waals surface area contributed by atoms with Crippen molar-refractivity contribution in [1.82, 2.24) is 4.98 Å². The van der Waals surface area contributed by atoms with Crippen molar-refractivity contribution in [2.24, 2.45) is 0 Å². The summed E-state index contributed by atoms with van der Waals surface area (Å²) in [4.78, 5) is 19.0. The molecular formula is C19H25N3O2. The number of methoxy groups -OCH3 is 1. The maximum atomic E-state index is 12.3. The molecular weight excluding hydrogens is 302 g/mol. The van der Waals surface area contributed by atoms with Crippen LogP contribution in [0.15, 0.2) is 30.6 Å². The lowest BCUT2D eigenvalue weighted by Crippen LogP contribution is -2.30. The minimum atomic E-state index is -0.432. The Labute approximate surface area is 143 Å². The number of aromatic nitrogens is 1. The molecule has 1 amide bonds. The van der Waals surface area contributed by atoms with Gasteiger partial charge in [0.1, 0.15) is 6.10 Å². The van der Waals surface area contributed by atoms with Crippen molar-refractivity contribution in [3.63, 3.8) is 0 Å². The zero-order valence-corrected chi connectivity index (χ0v) is 14.4. The number of pyridine rings is 1. The standard InChI is InChI=1S/C19H25N3O2/c1-3-18(24-2)19(23)21-16-7-8-17(22-11-5-4-6-12-22)14-9-10-20-13-15(14)16/h7-10,13,18H,3-6,11-12H2,1-2H3,(H,21,23). The van der Waals surface area contributed by atoms with Gasteiger partial charge in [0.25, 0.3) is 5.91 Å². The summed E-state index contributed by atoms with van der Waals surface area (Å²) in [5, 5.41) is 5.10. The molecule has 128 valence electrons. The highest BCUT2D eigenvalue weighted by Crippen LogP contribution is 2.33. The molecule has 0 radical (unpaired) electrons. The van der Waals surface area contributed by atoms with Gasteiger partial charge in [0.05, 0.1) is 5.69 Å². The lowest BCUT2D eigenvalue weighted by atomic mass is 10.0. The van der Waals surface area contributed by atoms with Gasteiger partial charge in [-0.15, -0.1) is 0 Å². The summed E-state index contributed by atoms with van der Waals surface area (Å²) in [7, 11) is 1.56. The normalized spacial score (nSPS) is 16.2. The molecule has 0 aliphatic carbocycles. The van der Waals surface area contributed by atoms with E-state index in [0.717, 1.165) is 29.5 Å². The summed E-state index contributed by atoms with van der Waals surface area (Å²) < 4.78 is 5.23. The molecule has 1 aliphatic rings. The Kier molecular flexibility index (Phi) is 5.30. The molecule has 5 heteroatoms. The fraction of sp³-hybridized carbons (Fsp3) is 0.474. The third-order valence-electron chi connectivity index (χ3n) is 4.70. The highest BCUT2D eigenvalue weighted by atomic mass is 16.5.